The third kappa shape index (κ3) is 2.59. The molecular formula is C17H18N6. The van der Waals surface area contributed by atoms with Crippen LogP contribution in [0.25, 0.3) is 11.0 Å². The number of rotatable bonds is 2. The van der Waals surface area contributed by atoms with Crippen molar-refractivity contribution in [2.75, 3.05) is 6.54 Å². The molecule has 1 unspecified atom stereocenters. The molecule has 1 aliphatic heterocycles. The summed E-state index contributed by atoms with van der Waals surface area (Å²) in [6, 6.07) is 4.64. The summed E-state index contributed by atoms with van der Waals surface area (Å²) in [6.45, 7) is 0.874. The van der Waals surface area contributed by atoms with Crippen LogP contribution in [0.1, 0.15) is 37.3 Å². The average Bonchev–Trinajstić information content (AvgIpc) is 3.25. The molecule has 0 radical (unpaired) electrons. The molecule has 1 fully saturated rings. The standard InChI is InChI=1S/C17H18N6/c18-7-5-12-1-3-14(4-2-12)23-10-13(9-22-23)16-15-6-8-19-17(15)21-11-20-16/h5-6,8-9,11,13-14H,1-4,10H2,(H,19,20,21). The Morgan fingerprint density at radius 2 is 2.17 bits per heavy atom. The van der Waals surface area contributed by atoms with Gasteiger partial charge in [0, 0.05) is 36.5 Å². The number of hydrogen-bond donors (Lipinski definition) is 1. The molecule has 2 aliphatic rings. The number of nitrogens with one attached hydrogen (secondary N) is 1. The second-order valence-electron chi connectivity index (χ2n) is 6.15. The van der Waals surface area contributed by atoms with Crippen LogP contribution in [0.5, 0.6) is 0 Å². The first kappa shape index (κ1) is 13.9. The van der Waals surface area contributed by atoms with E-state index in [0.29, 0.717) is 6.04 Å². The average molecular weight is 306 g/mol. The molecule has 6 heteroatoms. The fraction of sp³-hybridized carbons (Fsp3) is 0.412. The molecule has 1 atom stereocenters. The SMILES string of the molecule is N#CC=C1CCC(N2CC(c3ncnc4[nH]ccc34)C=N2)CC1. The van der Waals surface area contributed by atoms with Crippen LogP contribution in [0.4, 0.5) is 0 Å². The summed E-state index contributed by atoms with van der Waals surface area (Å²) in [4.78, 5) is 11.9. The van der Waals surface area contributed by atoms with E-state index in [4.69, 9.17) is 5.26 Å². The molecule has 0 saturated heterocycles. The first-order chi connectivity index (χ1) is 11.3. The van der Waals surface area contributed by atoms with Gasteiger partial charge in [0.25, 0.3) is 0 Å². The van der Waals surface area contributed by atoms with Gasteiger partial charge in [-0.05, 0) is 31.7 Å². The highest BCUT2D eigenvalue weighted by atomic mass is 15.5. The maximum Gasteiger partial charge on any atom is 0.140 e. The lowest BCUT2D eigenvalue weighted by Gasteiger charge is -2.31. The highest BCUT2D eigenvalue weighted by Gasteiger charge is 2.29. The summed E-state index contributed by atoms with van der Waals surface area (Å²) in [5, 5.41) is 16.7. The van der Waals surface area contributed by atoms with Crippen molar-refractivity contribution in [1.29, 1.82) is 5.26 Å². The molecule has 2 aromatic rings. The van der Waals surface area contributed by atoms with Gasteiger partial charge < -0.3 is 4.98 Å². The Morgan fingerprint density at radius 1 is 1.30 bits per heavy atom. The van der Waals surface area contributed by atoms with E-state index in [2.05, 4.69) is 31.1 Å². The number of hydrazone groups is 1. The maximum absolute atomic E-state index is 8.75. The summed E-state index contributed by atoms with van der Waals surface area (Å²) in [5.74, 6) is 0.215. The lowest BCUT2D eigenvalue weighted by Crippen LogP contribution is -2.32. The van der Waals surface area contributed by atoms with Gasteiger partial charge in [-0.1, -0.05) is 5.57 Å². The Balaban J connectivity index is 1.46. The summed E-state index contributed by atoms with van der Waals surface area (Å²) in [5.41, 5.74) is 3.20. The van der Waals surface area contributed by atoms with Crippen molar-refractivity contribution in [3.63, 3.8) is 0 Å². The Kier molecular flexibility index (Phi) is 3.54. The zero-order valence-corrected chi connectivity index (χ0v) is 12.8. The molecule has 1 saturated carbocycles. The Hall–Kier alpha value is -2.68. The van der Waals surface area contributed by atoms with Crippen molar-refractivity contribution in [2.24, 2.45) is 5.10 Å². The summed E-state index contributed by atoms with van der Waals surface area (Å²) < 4.78 is 0. The van der Waals surface area contributed by atoms with Crippen molar-refractivity contribution in [3.8, 4) is 6.07 Å². The van der Waals surface area contributed by atoms with Crippen LogP contribution in [0.15, 0.2) is 35.3 Å². The van der Waals surface area contributed by atoms with E-state index in [-0.39, 0.29) is 5.92 Å². The predicted molar refractivity (Wildman–Crippen MR) is 87.8 cm³/mol. The molecule has 116 valence electrons. The lowest BCUT2D eigenvalue weighted by molar-refractivity contribution is 0.188. The summed E-state index contributed by atoms with van der Waals surface area (Å²) >= 11 is 0. The normalized spacial score (nSPS) is 24.1. The third-order valence-electron chi connectivity index (χ3n) is 4.80. The van der Waals surface area contributed by atoms with Gasteiger partial charge in [-0.3, -0.25) is 5.01 Å². The Labute approximate surface area is 134 Å². The maximum atomic E-state index is 8.75. The number of aromatic nitrogens is 3. The molecular weight excluding hydrogens is 288 g/mol. The molecule has 4 rings (SSSR count). The van der Waals surface area contributed by atoms with Crippen molar-refractivity contribution >= 4 is 17.2 Å². The largest absolute Gasteiger partial charge is 0.346 e. The van der Waals surface area contributed by atoms with E-state index < -0.39 is 0 Å². The van der Waals surface area contributed by atoms with Gasteiger partial charge in [0.2, 0.25) is 0 Å². The second-order valence-corrected chi connectivity index (χ2v) is 6.15. The molecule has 3 heterocycles. The number of hydrogen-bond acceptors (Lipinski definition) is 5. The number of nitrogens with zero attached hydrogens (tertiary/aromatic N) is 5. The summed E-state index contributed by atoms with van der Waals surface area (Å²) in [6.07, 6.45) is 11.4. The lowest BCUT2D eigenvalue weighted by atomic mass is 9.90. The van der Waals surface area contributed by atoms with E-state index in [1.54, 1.807) is 12.4 Å². The quantitative estimate of drug-likeness (QED) is 0.865. The van der Waals surface area contributed by atoms with Gasteiger partial charge in [0.15, 0.2) is 0 Å². The number of fused-ring (bicyclic) bond motifs is 1. The van der Waals surface area contributed by atoms with Crippen LogP contribution >= 0.6 is 0 Å². The molecule has 1 aliphatic carbocycles. The Morgan fingerprint density at radius 3 is 3.00 bits per heavy atom. The van der Waals surface area contributed by atoms with Gasteiger partial charge in [-0.15, -0.1) is 0 Å². The minimum atomic E-state index is 0.215. The fourth-order valence-electron chi connectivity index (χ4n) is 3.56. The van der Waals surface area contributed by atoms with Crippen LogP contribution in [0, 0.1) is 11.3 Å². The fourth-order valence-corrected chi connectivity index (χ4v) is 3.56. The van der Waals surface area contributed by atoms with Crippen molar-refractivity contribution in [2.45, 2.75) is 37.6 Å². The minimum absolute atomic E-state index is 0.215. The van der Waals surface area contributed by atoms with Gasteiger partial charge in [0.05, 0.1) is 17.7 Å². The minimum Gasteiger partial charge on any atom is -0.346 e. The van der Waals surface area contributed by atoms with Crippen molar-refractivity contribution in [1.82, 2.24) is 20.0 Å². The van der Waals surface area contributed by atoms with Crippen LogP contribution in [0.3, 0.4) is 0 Å². The van der Waals surface area contributed by atoms with E-state index >= 15 is 0 Å². The number of allylic oxidation sites excluding steroid dienone is 2. The van der Waals surface area contributed by atoms with Gasteiger partial charge in [-0.2, -0.15) is 10.4 Å². The summed E-state index contributed by atoms with van der Waals surface area (Å²) in [7, 11) is 0. The molecule has 6 nitrogen and oxygen atoms in total. The van der Waals surface area contributed by atoms with E-state index in [0.717, 1.165) is 49.0 Å². The Bertz CT molecular complexity index is 802. The van der Waals surface area contributed by atoms with Crippen LogP contribution < -0.4 is 0 Å². The van der Waals surface area contributed by atoms with E-state index in [1.807, 2.05) is 18.5 Å². The van der Waals surface area contributed by atoms with E-state index in [9.17, 15) is 0 Å². The number of nitriles is 1. The number of H-pyrrole nitrogens is 1. The van der Waals surface area contributed by atoms with Gasteiger partial charge in [-0.25, -0.2) is 9.97 Å². The number of aromatic amines is 1. The van der Waals surface area contributed by atoms with Crippen molar-refractivity contribution < 1.29 is 0 Å². The van der Waals surface area contributed by atoms with E-state index in [1.165, 1.54) is 5.57 Å². The van der Waals surface area contributed by atoms with Gasteiger partial charge in [0.1, 0.15) is 12.0 Å². The predicted octanol–water partition coefficient (Wildman–Crippen LogP) is 2.74. The molecule has 1 N–H and O–H groups in total. The zero-order chi connectivity index (χ0) is 15.6. The highest BCUT2D eigenvalue weighted by Crippen LogP contribution is 2.31. The molecule has 0 aromatic carbocycles. The smallest absolute Gasteiger partial charge is 0.140 e. The molecule has 0 spiro atoms. The zero-order valence-electron chi connectivity index (χ0n) is 12.8. The van der Waals surface area contributed by atoms with Crippen LogP contribution in [-0.2, 0) is 0 Å². The first-order valence-corrected chi connectivity index (χ1v) is 8.01. The second kappa shape index (κ2) is 5.84. The van der Waals surface area contributed by atoms with Crippen LogP contribution in [-0.4, -0.2) is 38.8 Å². The van der Waals surface area contributed by atoms with Crippen LogP contribution in [0.2, 0.25) is 0 Å². The molecule has 2 aromatic heterocycles. The molecule has 0 amide bonds. The topological polar surface area (TPSA) is 81.0 Å². The van der Waals surface area contributed by atoms with Gasteiger partial charge >= 0.3 is 0 Å². The molecule has 23 heavy (non-hydrogen) atoms. The third-order valence-corrected chi connectivity index (χ3v) is 4.80. The highest BCUT2D eigenvalue weighted by molar-refractivity contribution is 5.83. The first-order valence-electron chi connectivity index (χ1n) is 8.01. The monoisotopic (exact) mass is 306 g/mol. The molecule has 0 bridgehead atoms. The van der Waals surface area contributed by atoms with Crippen molar-refractivity contribution in [3.05, 3.63) is 35.9 Å².